The summed E-state index contributed by atoms with van der Waals surface area (Å²) in [6.45, 7) is 6.18. The van der Waals surface area contributed by atoms with E-state index in [0.717, 1.165) is 13.1 Å². The van der Waals surface area contributed by atoms with Gasteiger partial charge in [-0.1, -0.05) is 0 Å². The summed E-state index contributed by atoms with van der Waals surface area (Å²) in [6.07, 6.45) is 5.89. The van der Waals surface area contributed by atoms with Crippen LogP contribution in [0.25, 0.3) is 0 Å². The van der Waals surface area contributed by atoms with E-state index < -0.39 is 0 Å². The zero-order valence-corrected chi connectivity index (χ0v) is 8.16. The van der Waals surface area contributed by atoms with Gasteiger partial charge in [-0.05, 0) is 13.8 Å². The quantitative estimate of drug-likeness (QED) is 0.625. The zero-order valence-electron chi connectivity index (χ0n) is 8.16. The van der Waals surface area contributed by atoms with Gasteiger partial charge in [-0.3, -0.25) is 0 Å². The molecule has 4 heteroatoms. The number of rotatable bonds is 0. The molecular formula is C9H17N3O. The van der Waals surface area contributed by atoms with Crippen molar-refractivity contribution in [3.63, 3.8) is 0 Å². The van der Waals surface area contributed by atoms with Gasteiger partial charge in [0, 0.05) is 25.5 Å². The van der Waals surface area contributed by atoms with Crippen LogP contribution >= 0.6 is 0 Å². The lowest BCUT2D eigenvalue weighted by atomic mass is 10.3. The van der Waals surface area contributed by atoms with Gasteiger partial charge < -0.3 is 15.0 Å². The maximum atomic E-state index is 5.42. The molecule has 0 aromatic carbocycles. The number of ether oxygens (including phenoxy) is 1. The molecular weight excluding hydrogens is 166 g/mol. The van der Waals surface area contributed by atoms with E-state index in [4.69, 9.17) is 4.74 Å². The molecule has 0 bridgehead atoms. The minimum Gasteiger partial charge on any atom is -0.373 e. The Morgan fingerprint density at radius 2 is 2.00 bits per heavy atom. The molecule has 74 valence electrons. The van der Waals surface area contributed by atoms with Gasteiger partial charge in [-0.2, -0.15) is 0 Å². The van der Waals surface area contributed by atoms with Gasteiger partial charge >= 0.3 is 0 Å². The van der Waals surface area contributed by atoms with E-state index in [1.807, 2.05) is 0 Å². The fourth-order valence-corrected chi connectivity index (χ4v) is 1.20. The van der Waals surface area contributed by atoms with Gasteiger partial charge in [-0.25, -0.2) is 4.98 Å². The molecule has 1 aromatic heterocycles. The van der Waals surface area contributed by atoms with Crippen molar-refractivity contribution in [3.8, 4) is 0 Å². The monoisotopic (exact) mass is 183 g/mol. The predicted octanol–water partition coefficient (Wildman–Crippen LogP) is 0.793. The molecule has 2 atom stereocenters. The number of H-pyrrole nitrogens is 1. The number of nitrogens with zero attached hydrogens (tertiary/aromatic N) is 1. The van der Waals surface area contributed by atoms with E-state index in [0.29, 0.717) is 12.2 Å². The van der Waals surface area contributed by atoms with Crippen molar-refractivity contribution in [2.45, 2.75) is 26.1 Å². The second-order valence-corrected chi connectivity index (χ2v) is 3.18. The highest BCUT2D eigenvalue weighted by Gasteiger charge is 2.12. The summed E-state index contributed by atoms with van der Waals surface area (Å²) in [7, 11) is 0. The van der Waals surface area contributed by atoms with Crippen LogP contribution in [0.15, 0.2) is 18.7 Å². The molecule has 2 N–H and O–H groups in total. The van der Waals surface area contributed by atoms with Crippen molar-refractivity contribution in [2.24, 2.45) is 0 Å². The first-order valence-electron chi connectivity index (χ1n) is 4.58. The fraction of sp³-hybridized carbons (Fsp3) is 0.667. The highest BCUT2D eigenvalue weighted by molar-refractivity contribution is 4.67. The Labute approximate surface area is 78.7 Å². The van der Waals surface area contributed by atoms with Crippen molar-refractivity contribution in [2.75, 3.05) is 13.1 Å². The van der Waals surface area contributed by atoms with E-state index in [1.54, 1.807) is 18.7 Å². The molecule has 1 aliphatic heterocycles. The average Bonchev–Trinajstić information content (AvgIpc) is 2.59. The van der Waals surface area contributed by atoms with Crippen LogP contribution < -0.4 is 5.32 Å². The van der Waals surface area contributed by atoms with Crippen LogP contribution in [0.2, 0.25) is 0 Å². The SMILES string of the molecule is CC1CNCC(C)O1.c1c[nH]cn1. The molecule has 1 saturated heterocycles. The molecule has 2 heterocycles. The highest BCUT2D eigenvalue weighted by Crippen LogP contribution is 2.00. The second kappa shape index (κ2) is 5.72. The van der Waals surface area contributed by atoms with E-state index in [9.17, 15) is 0 Å². The molecule has 1 aliphatic rings. The molecule has 0 radical (unpaired) electrons. The second-order valence-electron chi connectivity index (χ2n) is 3.18. The Hall–Kier alpha value is -0.870. The third-order valence-electron chi connectivity index (χ3n) is 1.73. The zero-order chi connectivity index (χ0) is 9.52. The first kappa shape index (κ1) is 10.2. The molecule has 1 fully saturated rings. The minimum atomic E-state index is 0.402. The van der Waals surface area contributed by atoms with Gasteiger partial charge in [0.2, 0.25) is 0 Å². The van der Waals surface area contributed by atoms with Gasteiger partial charge in [0.05, 0.1) is 18.5 Å². The Morgan fingerprint density at radius 1 is 1.31 bits per heavy atom. The number of aromatic nitrogens is 2. The maximum absolute atomic E-state index is 5.42. The maximum Gasteiger partial charge on any atom is 0.0919 e. The lowest BCUT2D eigenvalue weighted by Crippen LogP contribution is -2.41. The van der Waals surface area contributed by atoms with Crippen molar-refractivity contribution in [1.82, 2.24) is 15.3 Å². The summed E-state index contributed by atoms with van der Waals surface area (Å²) in [4.78, 5) is 6.42. The van der Waals surface area contributed by atoms with E-state index in [-0.39, 0.29) is 0 Å². The van der Waals surface area contributed by atoms with E-state index in [1.165, 1.54) is 0 Å². The summed E-state index contributed by atoms with van der Waals surface area (Å²) in [5, 5.41) is 3.26. The Kier molecular flexibility index (Phi) is 4.49. The number of morpholine rings is 1. The molecule has 2 rings (SSSR count). The van der Waals surface area contributed by atoms with Crippen LogP contribution in [0, 0.1) is 0 Å². The fourth-order valence-electron chi connectivity index (χ4n) is 1.20. The number of imidazole rings is 1. The van der Waals surface area contributed by atoms with Gasteiger partial charge in [0.15, 0.2) is 0 Å². The molecule has 0 spiro atoms. The summed E-state index contributed by atoms with van der Waals surface area (Å²) in [5.74, 6) is 0. The van der Waals surface area contributed by atoms with Gasteiger partial charge in [-0.15, -0.1) is 0 Å². The lowest BCUT2D eigenvalue weighted by Gasteiger charge is -2.25. The topological polar surface area (TPSA) is 49.9 Å². The smallest absolute Gasteiger partial charge is 0.0919 e. The van der Waals surface area contributed by atoms with Crippen molar-refractivity contribution in [1.29, 1.82) is 0 Å². The van der Waals surface area contributed by atoms with Crippen molar-refractivity contribution in [3.05, 3.63) is 18.7 Å². The van der Waals surface area contributed by atoms with Crippen LogP contribution in [-0.4, -0.2) is 35.3 Å². The summed E-state index contributed by atoms with van der Waals surface area (Å²) < 4.78 is 5.42. The Balaban J connectivity index is 0.000000145. The van der Waals surface area contributed by atoms with Crippen LogP contribution in [0.5, 0.6) is 0 Å². The lowest BCUT2D eigenvalue weighted by molar-refractivity contribution is -0.0166. The molecule has 2 unspecified atom stereocenters. The summed E-state index contributed by atoms with van der Waals surface area (Å²) in [5.41, 5.74) is 0. The van der Waals surface area contributed by atoms with E-state index >= 15 is 0 Å². The van der Waals surface area contributed by atoms with Crippen LogP contribution in [-0.2, 0) is 4.74 Å². The van der Waals surface area contributed by atoms with Crippen LogP contribution in [0.3, 0.4) is 0 Å². The number of aromatic amines is 1. The number of hydrogen-bond donors (Lipinski definition) is 2. The molecule has 0 amide bonds. The Morgan fingerprint density at radius 3 is 2.23 bits per heavy atom. The van der Waals surface area contributed by atoms with Gasteiger partial charge in [0.25, 0.3) is 0 Å². The van der Waals surface area contributed by atoms with Crippen molar-refractivity contribution < 1.29 is 4.74 Å². The molecule has 1 aromatic rings. The Bertz CT molecular complexity index is 175. The average molecular weight is 183 g/mol. The standard InChI is InChI=1S/C6H13NO.C3H4N2/c1-5-3-7-4-6(2)8-5;1-2-5-3-4-1/h5-7H,3-4H2,1-2H3;1-3H,(H,4,5). The number of hydrogen-bond acceptors (Lipinski definition) is 3. The molecule has 0 aliphatic carbocycles. The first-order chi connectivity index (χ1) is 6.29. The molecule has 4 nitrogen and oxygen atoms in total. The van der Waals surface area contributed by atoms with Gasteiger partial charge in [0.1, 0.15) is 0 Å². The highest BCUT2D eigenvalue weighted by atomic mass is 16.5. The number of nitrogens with one attached hydrogen (secondary N) is 2. The largest absolute Gasteiger partial charge is 0.373 e. The first-order valence-corrected chi connectivity index (χ1v) is 4.58. The van der Waals surface area contributed by atoms with Crippen LogP contribution in [0.1, 0.15) is 13.8 Å². The van der Waals surface area contributed by atoms with Crippen molar-refractivity contribution >= 4 is 0 Å². The third-order valence-corrected chi connectivity index (χ3v) is 1.73. The minimum absolute atomic E-state index is 0.402. The van der Waals surface area contributed by atoms with Crippen LogP contribution in [0.4, 0.5) is 0 Å². The molecule has 13 heavy (non-hydrogen) atoms. The summed E-state index contributed by atoms with van der Waals surface area (Å²) in [6, 6.07) is 0. The predicted molar refractivity (Wildman–Crippen MR) is 51.5 cm³/mol. The summed E-state index contributed by atoms with van der Waals surface area (Å²) >= 11 is 0. The normalized spacial score (nSPS) is 27.5. The third kappa shape index (κ3) is 4.65. The van der Waals surface area contributed by atoms with E-state index in [2.05, 4.69) is 29.1 Å². The molecule has 0 saturated carbocycles.